The fourth-order valence-corrected chi connectivity index (χ4v) is 1.43. The van der Waals surface area contributed by atoms with E-state index in [9.17, 15) is 9.70 Å². The SMILES string of the molecule is Cc1ncc(N(C)C(=O)N(CCCl)N=O)c(N)n1. The molecule has 0 aliphatic rings. The third-order valence-corrected chi connectivity index (χ3v) is 2.35. The Balaban J connectivity index is 2.95. The van der Waals surface area contributed by atoms with Crippen LogP contribution < -0.4 is 10.6 Å². The number of alkyl halides is 1. The first-order valence-corrected chi connectivity index (χ1v) is 5.58. The van der Waals surface area contributed by atoms with Gasteiger partial charge in [-0.15, -0.1) is 16.5 Å². The molecule has 0 unspecified atom stereocenters. The molecule has 0 aromatic carbocycles. The largest absolute Gasteiger partial charge is 0.382 e. The minimum Gasteiger partial charge on any atom is -0.382 e. The predicted molar refractivity (Wildman–Crippen MR) is 68.2 cm³/mol. The summed E-state index contributed by atoms with van der Waals surface area (Å²) in [5.74, 6) is 0.740. The van der Waals surface area contributed by atoms with E-state index in [2.05, 4.69) is 15.3 Å². The molecule has 98 valence electrons. The molecule has 2 N–H and O–H groups in total. The number of nitrogens with zero attached hydrogens (tertiary/aromatic N) is 5. The summed E-state index contributed by atoms with van der Waals surface area (Å²) in [5.41, 5.74) is 5.98. The van der Waals surface area contributed by atoms with Crippen molar-refractivity contribution in [1.82, 2.24) is 15.0 Å². The average Bonchev–Trinajstić information content (AvgIpc) is 2.34. The van der Waals surface area contributed by atoms with Crippen LogP contribution in [0.1, 0.15) is 5.82 Å². The van der Waals surface area contributed by atoms with E-state index >= 15 is 0 Å². The number of halogens is 1. The van der Waals surface area contributed by atoms with Gasteiger partial charge in [0.1, 0.15) is 11.5 Å². The van der Waals surface area contributed by atoms with Gasteiger partial charge < -0.3 is 5.73 Å². The van der Waals surface area contributed by atoms with E-state index in [1.165, 1.54) is 13.2 Å². The van der Waals surface area contributed by atoms with Crippen molar-refractivity contribution < 1.29 is 4.79 Å². The maximum absolute atomic E-state index is 11.9. The lowest BCUT2D eigenvalue weighted by molar-refractivity contribution is 0.210. The summed E-state index contributed by atoms with van der Waals surface area (Å²) in [6, 6.07) is -0.648. The van der Waals surface area contributed by atoms with Crippen molar-refractivity contribution in [3.8, 4) is 0 Å². The topological polar surface area (TPSA) is 105 Å². The fraction of sp³-hybridized carbons (Fsp3) is 0.444. The van der Waals surface area contributed by atoms with E-state index in [0.717, 1.165) is 4.90 Å². The quantitative estimate of drug-likeness (QED) is 0.503. The number of aromatic nitrogens is 2. The van der Waals surface area contributed by atoms with Gasteiger partial charge in [-0.25, -0.2) is 14.8 Å². The molecular weight excluding hydrogens is 260 g/mol. The van der Waals surface area contributed by atoms with Gasteiger partial charge >= 0.3 is 6.03 Å². The number of carbonyl (C=O) groups is 1. The molecule has 0 fully saturated rings. The average molecular weight is 273 g/mol. The number of nitrogens with two attached hydrogens (primary N) is 1. The van der Waals surface area contributed by atoms with Crippen LogP contribution in [0.4, 0.5) is 16.3 Å². The molecule has 0 aliphatic carbocycles. The first-order chi connectivity index (χ1) is 8.51. The van der Waals surface area contributed by atoms with Crippen molar-refractivity contribution in [2.45, 2.75) is 6.92 Å². The molecule has 0 saturated carbocycles. The number of nitroso groups, excluding NO2 is 1. The minimum atomic E-state index is -0.648. The summed E-state index contributed by atoms with van der Waals surface area (Å²) < 4.78 is 0. The zero-order valence-corrected chi connectivity index (χ0v) is 10.8. The molecule has 1 aromatic rings. The summed E-state index contributed by atoms with van der Waals surface area (Å²) >= 11 is 5.46. The monoisotopic (exact) mass is 272 g/mol. The second-order valence-corrected chi connectivity index (χ2v) is 3.80. The predicted octanol–water partition coefficient (Wildman–Crippen LogP) is 1.15. The number of aryl methyl sites for hydroxylation is 1. The summed E-state index contributed by atoms with van der Waals surface area (Å²) in [4.78, 5) is 31.4. The van der Waals surface area contributed by atoms with Crippen LogP contribution in [0.5, 0.6) is 0 Å². The lowest BCUT2D eigenvalue weighted by Gasteiger charge is -2.22. The Bertz CT molecular complexity index is 455. The molecule has 0 spiro atoms. The van der Waals surface area contributed by atoms with E-state index in [4.69, 9.17) is 17.3 Å². The molecule has 1 rings (SSSR count). The minimum absolute atomic E-state index is 0.0147. The Hall–Kier alpha value is -1.96. The Morgan fingerprint density at radius 2 is 2.28 bits per heavy atom. The molecule has 1 aromatic heterocycles. The van der Waals surface area contributed by atoms with Crippen LogP contribution in [-0.4, -0.2) is 40.5 Å². The standard InChI is InChI=1S/C9H13ClN6O2/c1-6-12-5-7(8(11)13-6)15(2)9(17)16(14-18)4-3-10/h5H,3-4H2,1-2H3,(H2,11,12,13). The van der Waals surface area contributed by atoms with E-state index in [1.54, 1.807) is 6.92 Å². The third kappa shape index (κ3) is 3.04. The maximum atomic E-state index is 11.9. The van der Waals surface area contributed by atoms with Gasteiger partial charge in [0, 0.05) is 12.9 Å². The Labute approximate surface area is 109 Å². The van der Waals surface area contributed by atoms with E-state index < -0.39 is 6.03 Å². The van der Waals surface area contributed by atoms with Crippen molar-refractivity contribution in [1.29, 1.82) is 0 Å². The second-order valence-electron chi connectivity index (χ2n) is 3.42. The van der Waals surface area contributed by atoms with Gasteiger partial charge in [-0.3, -0.25) is 4.90 Å². The van der Waals surface area contributed by atoms with Crippen LogP contribution in [-0.2, 0) is 0 Å². The van der Waals surface area contributed by atoms with E-state index in [-0.39, 0.29) is 18.2 Å². The Morgan fingerprint density at radius 3 is 2.78 bits per heavy atom. The molecule has 0 aliphatic heterocycles. The molecule has 9 heteroatoms. The van der Waals surface area contributed by atoms with Crippen molar-refractivity contribution >= 4 is 29.1 Å². The van der Waals surface area contributed by atoms with E-state index in [0.29, 0.717) is 16.5 Å². The Kier molecular flexibility index (Phi) is 4.78. The maximum Gasteiger partial charge on any atom is 0.347 e. The number of carbonyl (C=O) groups excluding carboxylic acids is 1. The van der Waals surface area contributed by atoms with Crippen molar-refractivity contribution in [3.05, 3.63) is 16.9 Å². The van der Waals surface area contributed by atoms with Crippen LogP contribution in [0.3, 0.4) is 0 Å². The smallest absolute Gasteiger partial charge is 0.347 e. The summed E-state index contributed by atoms with van der Waals surface area (Å²) in [5, 5.41) is 3.30. The molecule has 2 amide bonds. The highest BCUT2D eigenvalue weighted by atomic mass is 35.5. The molecule has 8 nitrogen and oxygen atoms in total. The highest BCUT2D eigenvalue weighted by Crippen LogP contribution is 2.19. The number of anilines is 2. The fourth-order valence-electron chi connectivity index (χ4n) is 1.27. The lowest BCUT2D eigenvalue weighted by Crippen LogP contribution is -2.39. The molecule has 18 heavy (non-hydrogen) atoms. The number of hydrogen-bond acceptors (Lipinski definition) is 6. The van der Waals surface area contributed by atoms with Crippen LogP contribution in [0.15, 0.2) is 11.5 Å². The normalized spacial score (nSPS) is 9.94. The van der Waals surface area contributed by atoms with Gasteiger partial charge in [0.2, 0.25) is 0 Å². The van der Waals surface area contributed by atoms with Crippen LogP contribution in [0.25, 0.3) is 0 Å². The number of amides is 2. The number of rotatable bonds is 4. The van der Waals surface area contributed by atoms with Crippen molar-refractivity contribution in [2.24, 2.45) is 5.29 Å². The van der Waals surface area contributed by atoms with Gasteiger partial charge in [-0.1, -0.05) is 0 Å². The molecule has 0 radical (unpaired) electrons. The van der Waals surface area contributed by atoms with Crippen LogP contribution in [0, 0.1) is 11.8 Å². The van der Waals surface area contributed by atoms with Gasteiger partial charge in [0.15, 0.2) is 5.82 Å². The van der Waals surface area contributed by atoms with E-state index in [1.807, 2.05) is 0 Å². The number of nitrogen functional groups attached to an aromatic ring is 1. The highest BCUT2D eigenvalue weighted by Gasteiger charge is 2.21. The van der Waals surface area contributed by atoms with Gasteiger partial charge in [0.25, 0.3) is 0 Å². The van der Waals surface area contributed by atoms with Gasteiger partial charge in [0.05, 0.1) is 18.0 Å². The molecule has 0 atom stereocenters. The molecule has 0 bridgehead atoms. The zero-order valence-electron chi connectivity index (χ0n) is 10.00. The first-order valence-electron chi connectivity index (χ1n) is 5.04. The first kappa shape index (κ1) is 14.1. The summed E-state index contributed by atoms with van der Waals surface area (Å²) in [6.45, 7) is 1.69. The Morgan fingerprint density at radius 1 is 1.61 bits per heavy atom. The molecule has 1 heterocycles. The highest BCUT2D eigenvalue weighted by molar-refractivity contribution is 6.18. The number of hydrogen-bond donors (Lipinski definition) is 1. The van der Waals surface area contributed by atoms with Gasteiger partial charge in [-0.2, -0.15) is 5.01 Å². The van der Waals surface area contributed by atoms with Crippen molar-refractivity contribution in [3.63, 3.8) is 0 Å². The zero-order chi connectivity index (χ0) is 13.7. The third-order valence-electron chi connectivity index (χ3n) is 2.18. The summed E-state index contributed by atoms with van der Waals surface area (Å²) in [7, 11) is 1.44. The second kappa shape index (κ2) is 6.10. The summed E-state index contributed by atoms with van der Waals surface area (Å²) in [6.07, 6.45) is 1.40. The molecular formula is C9H13ClN6O2. The number of urea groups is 1. The lowest BCUT2D eigenvalue weighted by atomic mass is 10.4. The van der Waals surface area contributed by atoms with Crippen LogP contribution >= 0.6 is 11.6 Å². The van der Waals surface area contributed by atoms with Crippen LogP contribution in [0.2, 0.25) is 0 Å². The van der Waals surface area contributed by atoms with Gasteiger partial charge in [-0.05, 0) is 6.92 Å². The van der Waals surface area contributed by atoms with Crippen molar-refractivity contribution in [2.75, 3.05) is 30.1 Å². The molecule has 0 saturated heterocycles.